The average Bonchev–Trinajstić information content (AvgIpc) is 2.83. The summed E-state index contributed by atoms with van der Waals surface area (Å²) in [4.78, 5) is 14.6. The number of hydrogen-bond donors (Lipinski definition) is 0. The molecule has 3 nitrogen and oxygen atoms in total. The van der Waals surface area contributed by atoms with E-state index in [0.717, 1.165) is 32.4 Å². The Morgan fingerprint density at radius 3 is 2.76 bits per heavy atom. The van der Waals surface area contributed by atoms with Crippen molar-refractivity contribution in [1.82, 2.24) is 4.90 Å². The molecular formula is C14H23NO2. The third-order valence-corrected chi connectivity index (χ3v) is 3.96. The average molecular weight is 237 g/mol. The third-order valence-electron chi connectivity index (χ3n) is 3.96. The van der Waals surface area contributed by atoms with E-state index in [1.807, 2.05) is 13.8 Å². The highest BCUT2D eigenvalue weighted by molar-refractivity contribution is 5.80. The van der Waals surface area contributed by atoms with Crippen molar-refractivity contribution in [2.24, 2.45) is 5.41 Å². The second kappa shape index (κ2) is 5.11. The van der Waals surface area contributed by atoms with Gasteiger partial charge in [0.25, 0.3) is 0 Å². The molecule has 1 heterocycles. The van der Waals surface area contributed by atoms with Gasteiger partial charge in [-0.3, -0.25) is 4.79 Å². The zero-order valence-electron chi connectivity index (χ0n) is 11.0. The summed E-state index contributed by atoms with van der Waals surface area (Å²) >= 11 is 0. The number of esters is 1. The molecule has 1 atom stereocenters. The van der Waals surface area contributed by atoms with Crippen molar-refractivity contribution < 1.29 is 9.53 Å². The van der Waals surface area contributed by atoms with Crippen LogP contribution in [0, 0.1) is 5.41 Å². The van der Waals surface area contributed by atoms with E-state index in [1.54, 1.807) is 0 Å². The Kier molecular flexibility index (Phi) is 3.75. The molecule has 2 aliphatic rings. The second-order valence-electron chi connectivity index (χ2n) is 5.23. The molecule has 0 amide bonds. The molecule has 1 saturated heterocycles. The van der Waals surface area contributed by atoms with Crippen LogP contribution in [0.25, 0.3) is 0 Å². The second-order valence-corrected chi connectivity index (χ2v) is 5.23. The van der Waals surface area contributed by atoms with Crippen molar-refractivity contribution in [2.45, 2.75) is 46.0 Å². The molecule has 2 rings (SSSR count). The quantitative estimate of drug-likeness (QED) is 0.707. The summed E-state index contributed by atoms with van der Waals surface area (Å²) in [6, 6.07) is 0. The molecule has 17 heavy (non-hydrogen) atoms. The molecule has 0 aromatic carbocycles. The van der Waals surface area contributed by atoms with Gasteiger partial charge in [0.15, 0.2) is 0 Å². The van der Waals surface area contributed by atoms with Crippen LogP contribution in [0.15, 0.2) is 11.8 Å². The van der Waals surface area contributed by atoms with Crippen molar-refractivity contribution in [3.63, 3.8) is 0 Å². The molecule has 0 saturated carbocycles. The van der Waals surface area contributed by atoms with E-state index in [0.29, 0.717) is 6.61 Å². The molecule has 0 bridgehead atoms. The lowest BCUT2D eigenvalue weighted by Gasteiger charge is -2.38. The van der Waals surface area contributed by atoms with Gasteiger partial charge in [-0.05, 0) is 46.0 Å². The molecule has 1 fully saturated rings. The van der Waals surface area contributed by atoms with E-state index < -0.39 is 5.41 Å². The highest BCUT2D eigenvalue weighted by Crippen LogP contribution is 2.41. The van der Waals surface area contributed by atoms with Crippen LogP contribution in [0.1, 0.15) is 46.0 Å². The van der Waals surface area contributed by atoms with Gasteiger partial charge >= 0.3 is 5.97 Å². The lowest BCUT2D eigenvalue weighted by molar-refractivity contribution is -0.153. The zero-order valence-corrected chi connectivity index (χ0v) is 11.0. The molecule has 1 unspecified atom stereocenters. The predicted molar refractivity (Wildman–Crippen MR) is 67.5 cm³/mol. The minimum atomic E-state index is -0.404. The van der Waals surface area contributed by atoms with Crippen LogP contribution in [-0.2, 0) is 9.53 Å². The third kappa shape index (κ3) is 2.33. The normalized spacial score (nSPS) is 29.1. The number of nitrogens with zero attached hydrogens (tertiary/aromatic N) is 1. The molecule has 0 radical (unpaired) electrons. The number of hydrogen-bond acceptors (Lipinski definition) is 3. The van der Waals surface area contributed by atoms with E-state index in [2.05, 4.69) is 11.0 Å². The van der Waals surface area contributed by atoms with E-state index in [-0.39, 0.29) is 5.97 Å². The van der Waals surface area contributed by atoms with Crippen LogP contribution in [0.5, 0.6) is 0 Å². The molecule has 3 heteroatoms. The van der Waals surface area contributed by atoms with Crippen LogP contribution in [0.3, 0.4) is 0 Å². The van der Waals surface area contributed by atoms with Gasteiger partial charge < -0.3 is 9.64 Å². The van der Waals surface area contributed by atoms with E-state index in [1.165, 1.54) is 18.5 Å². The summed E-state index contributed by atoms with van der Waals surface area (Å²) in [5, 5.41) is 0. The maximum absolute atomic E-state index is 12.2. The lowest BCUT2D eigenvalue weighted by Crippen LogP contribution is -2.40. The van der Waals surface area contributed by atoms with Crippen LogP contribution < -0.4 is 0 Å². The minimum Gasteiger partial charge on any atom is -0.465 e. The Morgan fingerprint density at radius 2 is 2.12 bits per heavy atom. The SMILES string of the molecule is CCOC(=O)C1(C)CCCC=C1N1CCCC1. The first-order valence-electron chi connectivity index (χ1n) is 6.81. The monoisotopic (exact) mass is 237 g/mol. The first-order valence-corrected chi connectivity index (χ1v) is 6.81. The smallest absolute Gasteiger partial charge is 0.317 e. The van der Waals surface area contributed by atoms with E-state index >= 15 is 0 Å². The summed E-state index contributed by atoms with van der Waals surface area (Å²) in [6.45, 7) is 6.60. The van der Waals surface area contributed by atoms with Crippen LogP contribution in [0.2, 0.25) is 0 Å². The maximum atomic E-state index is 12.2. The molecule has 0 N–H and O–H groups in total. The van der Waals surface area contributed by atoms with Crippen molar-refractivity contribution in [2.75, 3.05) is 19.7 Å². The Hall–Kier alpha value is -0.990. The molecular weight excluding hydrogens is 214 g/mol. The number of carbonyl (C=O) groups excluding carboxylic acids is 1. The largest absolute Gasteiger partial charge is 0.465 e. The minimum absolute atomic E-state index is 0.0437. The highest BCUT2D eigenvalue weighted by atomic mass is 16.5. The van der Waals surface area contributed by atoms with E-state index in [4.69, 9.17) is 4.74 Å². The molecule has 1 aliphatic carbocycles. The standard InChI is InChI=1S/C14H23NO2/c1-3-17-13(16)14(2)9-5-4-8-12(14)15-10-6-7-11-15/h8H,3-7,9-11H2,1-2H3. The Bertz CT molecular complexity index is 318. The number of ether oxygens (including phenoxy) is 1. The summed E-state index contributed by atoms with van der Waals surface area (Å²) in [7, 11) is 0. The van der Waals surface area contributed by atoms with Crippen molar-refractivity contribution in [3.8, 4) is 0 Å². The lowest BCUT2D eigenvalue weighted by atomic mass is 9.77. The van der Waals surface area contributed by atoms with Crippen molar-refractivity contribution in [3.05, 3.63) is 11.8 Å². The molecule has 96 valence electrons. The fourth-order valence-corrected chi connectivity index (χ4v) is 2.98. The molecule has 0 aromatic rings. The number of allylic oxidation sites excluding steroid dienone is 1. The van der Waals surface area contributed by atoms with Crippen LogP contribution >= 0.6 is 0 Å². The fraction of sp³-hybridized carbons (Fsp3) is 0.786. The number of rotatable bonds is 3. The topological polar surface area (TPSA) is 29.5 Å². The summed E-state index contributed by atoms with van der Waals surface area (Å²) < 4.78 is 5.27. The zero-order chi connectivity index (χ0) is 12.3. The van der Waals surface area contributed by atoms with Gasteiger partial charge in [0.05, 0.1) is 6.61 Å². The molecule has 1 aliphatic heterocycles. The number of likely N-dealkylation sites (tertiary alicyclic amines) is 1. The van der Waals surface area contributed by atoms with Crippen LogP contribution in [-0.4, -0.2) is 30.6 Å². The van der Waals surface area contributed by atoms with Crippen LogP contribution in [0.4, 0.5) is 0 Å². The van der Waals surface area contributed by atoms with Gasteiger partial charge in [-0.1, -0.05) is 6.08 Å². The number of carbonyl (C=O) groups is 1. The Morgan fingerprint density at radius 1 is 1.41 bits per heavy atom. The maximum Gasteiger partial charge on any atom is 0.317 e. The summed E-state index contributed by atoms with van der Waals surface area (Å²) in [5.74, 6) is -0.0437. The highest BCUT2D eigenvalue weighted by Gasteiger charge is 2.42. The van der Waals surface area contributed by atoms with Gasteiger partial charge in [-0.25, -0.2) is 0 Å². The van der Waals surface area contributed by atoms with Gasteiger partial charge in [-0.2, -0.15) is 0 Å². The predicted octanol–water partition coefficient (Wildman–Crippen LogP) is 2.72. The van der Waals surface area contributed by atoms with Gasteiger partial charge in [0, 0.05) is 18.8 Å². The van der Waals surface area contributed by atoms with Gasteiger partial charge in [0.2, 0.25) is 0 Å². The fourth-order valence-electron chi connectivity index (χ4n) is 2.98. The molecule has 0 aromatic heterocycles. The van der Waals surface area contributed by atoms with Gasteiger partial charge in [0.1, 0.15) is 5.41 Å². The summed E-state index contributed by atoms with van der Waals surface area (Å²) in [6.07, 6.45) is 7.86. The van der Waals surface area contributed by atoms with Crippen molar-refractivity contribution in [1.29, 1.82) is 0 Å². The Balaban J connectivity index is 2.20. The Labute approximate surface area is 104 Å². The van der Waals surface area contributed by atoms with Gasteiger partial charge in [-0.15, -0.1) is 0 Å². The first kappa shape index (κ1) is 12.5. The molecule has 0 spiro atoms. The summed E-state index contributed by atoms with van der Waals surface area (Å²) in [5.41, 5.74) is 0.818. The van der Waals surface area contributed by atoms with Crippen molar-refractivity contribution >= 4 is 5.97 Å². The first-order chi connectivity index (χ1) is 8.18. The van der Waals surface area contributed by atoms with E-state index in [9.17, 15) is 4.79 Å².